The second-order valence-electron chi connectivity index (χ2n) is 5.98. The van der Waals surface area contributed by atoms with E-state index < -0.39 is 11.8 Å². The van der Waals surface area contributed by atoms with E-state index in [4.69, 9.17) is 21.1 Å². The van der Waals surface area contributed by atoms with E-state index in [0.717, 1.165) is 19.3 Å². The Kier molecular flexibility index (Phi) is 5.94. The number of halogens is 1. The summed E-state index contributed by atoms with van der Waals surface area (Å²) in [6.45, 7) is 3.93. The van der Waals surface area contributed by atoms with Crippen molar-refractivity contribution in [1.82, 2.24) is 4.90 Å². The van der Waals surface area contributed by atoms with Crippen LogP contribution in [0, 0.1) is 0 Å². The number of benzene rings is 1. The van der Waals surface area contributed by atoms with Gasteiger partial charge in [0.2, 0.25) is 0 Å². The molecule has 1 heterocycles. The van der Waals surface area contributed by atoms with Crippen LogP contribution in [0.4, 0.5) is 5.69 Å². The van der Waals surface area contributed by atoms with Crippen molar-refractivity contribution in [2.45, 2.75) is 45.2 Å². The number of likely N-dealkylation sites (tertiary alicyclic amines) is 1. The quantitative estimate of drug-likeness (QED) is 0.847. The summed E-state index contributed by atoms with van der Waals surface area (Å²) >= 11 is 6.05. The number of amides is 2. The highest BCUT2D eigenvalue weighted by Gasteiger charge is 2.33. The van der Waals surface area contributed by atoms with Gasteiger partial charge in [0.1, 0.15) is 11.5 Å². The number of rotatable bonds is 3. The minimum atomic E-state index is -0.696. The molecule has 1 aromatic carbocycles. The van der Waals surface area contributed by atoms with E-state index in [0.29, 0.717) is 22.2 Å². The standard InChI is InChI=1S/C17H23ClN2O4/c1-10-6-5-7-11(2)20(10)17(22)16(21)19-13-9-14(23-3)12(18)8-15(13)24-4/h8-11H,5-7H2,1-4H3,(H,19,21). The molecular weight excluding hydrogens is 332 g/mol. The maximum atomic E-state index is 12.6. The molecule has 132 valence electrons. The summed E-state index contributed by atoms with van der Waals surface area (Å²) in [5, 5.41) is 2.97. The molecule has 2 rings (SSSR count). The van der Waals surface area contributed by atoms with Crippen molar-refractivity contribution in [2.75, 3.05) is 19.5 Å². The first-order chi connectivity index (χ1) is 11.4. The average molecular weight is 355 g/mol. The first kappa shape index (κ1) is 18.4. The second-order valence-corrected chi connectivity index (χ2v) is 6.39. The minimum absolute atomic E-state index is 0.0497. The van der Waals surface area contributed by atoms with E-state index in [1.807, 2.05) is 13.8 Å². The van der Waals surface area contributed by atoms with Gasteiger partial charge in [-0.05, 0) is 33.1 Å². The third-order valence-electron chi connectivity index (χ3n) is 4.34. The van der Waals surface area contributed by atoms with Gasteiger partial charge in [-0.2, -0.15) is 0 Å². The van der Waals surface area contributed by atoms with Crippen LogP contribution < -0.4 is 14.8 Å². The Bertz CT molecular complexity index is 625. The number of hydrogen-bond donors (Lipinski definition) is 1. The Morgan fingerprint density at radius 1 is 1.12 bits per heavy atom. The molecule has 2 amide bonds. The number of carbonyl (C=O) groups is 2. The van der Waals surface area contributed by atoms with Gasteiger partial charge in [-0.1, -0.05) is 11.6 Å². The Balaban J connectivity index is 2.21. The van der Waals surface area contributed by atoms with E-state index in [-0.39, 0.29) is 12.1 Å². The van der Waals surface area contributed by atoms with E-state index in [9.17, 15) is 9.59 Å². The molecule has 0 radical (unpaired) electrons. The SMILES string of the molecule is COc1cc(NC(=O)C(=O)N2C(C)CCCC2C)c(OC)cc1Cl. The predicted octanol–water partition coefficient (Wildman–Crippen LogP) is 3.09. The molecular formula is C17H23ClN2O4. The molecule has 1 aromatic rings. The normalized spacial score (nSPS) is 20.5. The predicted molar refractivity (Wildman–Crippen MR) is 92.8 cm³/mol. The van der Waals surface area contributed by atoms with Gasteiger partial charge < -0.3 is 19.7 Å². The lowest BCUT2D eigenvalue weighted by Crippen LogP contribution is -2.51. The van der Waals surface area contributed by atoms with Crippen LogP contribution in [0.25, 0.3) is 0 Å². The molecule has 1 aliphatic heterocycles. The number of hydrogen-bond acceptors (Lipinski definition) is 4. The Morgan fingerprint density at radius 2 is 1.71 bits per heavy atom. The van der Waals surface area contributed by atoms with Crippen molar-refractivity contribution in [1.29, 1.82) is 0 Å². The Morgan fingerprint density at radius 3 is 2.25 bits per heavy atom. The van der Waals surface area contributed by atoms with Crippen LogP contribution >= 0.6 is 11.6 Å². The molecule has 1 saturated heterocycles. The lowest BCUT2D eigenvalue weighted by molar-refractivity contribution is -0.147. The molecule has 0 saturated carbocycles. The van der Waals surface area contributed by atoms with Crippen LogP contribution in [0.1, 0.15) is 33.1 Å². The largest absolute Gasteiger partial charge is 0.495 e. The molecule has 1 N–H and O–H groups in total. The van der Waals surface area contributed by atoms with Crippen LogP contribution in [0.5, 0.6) is 11.5 Å². The van der Waals surface area contributed by atoms with Crippen molar-refractivity contribution in [3.8, 4) is 11.5 Å². The Labute approximate surface area is 147 Å². The molecule has 1 fully saturated rings. The van der Waals surface area contributed by atoms with Gasteiger partial charge in [-0.3, -0.25) is 9.59 Å². The first-order valence-electron chi connectivity index (χ1n) is 7.94. The zero-order valence-electron chi connectivity index (χ0n) is 14.4. The molecule has 2 atom stereocenters. The maximum absolute atomic E-state index is 12.6. The topological polar surface area (TPSA) is 67.9 Å². The number of ether oxygens (including phenoxy) is 2. The monoisotopic (exact) mass is 354 g/mol. The molecule has 0 aromatic heterocycles. The number of nitrogens with zero attached hydrogens (tertiary/aromatic N) is 1. The summed E-state index contributed by atoms with van der Waals surface area (Å²) in [5.74, 6) is -0.481. The van der Waals surface area contributed by atoms with Crippen LogP contribution in [0.15, 0.2) is 12.1 Å². The number of anilines is 1. The highest BCUT2D eigenvalue weighted by atomic mass is 35.5. The van der Waals surface area contributed by atoms with Gasteiger partial charge in [-0.15, -0.1) is 0 Å². The van der Waals surface area contributed by atoms with E-state index >= 15 is 0 Å². The maximum Gasteiger partial charge on any atom is 0.314 e. The fraction of sp³-hybridized carbons (Fsp3) is 0.529. The van der Waals surface area contributed by atoms with Crippen molar-refractivity contribution < 1.29 is 19.1 Å². The average Bonchev–Trinajstić information content (AvgIpc) is 2.55. The Hall–Kier alpha value is -1.95. The molecule has 0 aliphatic carbocycles. The van der Waals surface area contributed by atoms with Crippen molar-refractivity contribution in [3.05, 3.63) is 17.2 Å². The van der Waals surface area contributed by atoms with Gasteiger partial charge in [0, 0.05) is 24.2 Å². The molecule has 1 aliphatic rings. The molecule has 2 unspecified atom stereocenters. The van der Waals surface area contributed by atoms with Crippen LogP contribution in [0.2, 0.25) is 5.02 Å². The molecule has 6 nitrogen and oxygen atoms in total. The third kappa shape index (κ3) is 3.75. The highest BCUT2D eigenvalue weighted by molar-refractivity contribution is 6.40. The van der Waals surface area contributed by atoms with Crippen LogP contribution in [-0.2, 0) is 9.59 Å². The number of piperidine rings is 1. The summed E-state index contributed by atoms with van der Waals surface area (Å²) in [4.78, 5) is 26.6. The minimum Gasteiger partial charge on any atom is -0.495 e. The number of methoxy groups -OCH3 is 2. The summed E-state index contributed by atoms with van der Waals surface area (Å²) in [6, 6.07) is 3.17. The summed E-state index contributed by atoms with van der Waals surface area (Å²) < 4.78 is 10.4. The van der Waals surface area contributed by atoms with E-state index in [2.05, 4.69) is 5.32 Å². The van der Waals surface area contributed by atoms with Crippen LogP contribution in [-0.4, -0.2) is 43.0 Å². The first-order valence-corrected chi connectivity index (χ1v) is 8.32. The zero-order valence-corrected chi connectivity index (χ0v) is 15.1. The van der Waals surface area contributed by atoms with Crippen molar-refractivity contribution >= 4 is 29.1 Å². The number of carbonyl (C=O) groups excluding carboxylic acids is 2. The van der Waals surface area contributed by atoms with Crippen molar-refractivity contribution in [3.63, 3.8) is 0 Å². The van der Waals surface area contributed by atoms with Crippen molar-refractivity contribution in [2.24, 2.45) is 0 Å². The molecule has 0 bridgehead atoms. The number of nitrogens with one attached hydrogen (secondary N) is 1. The van der Waals surface area contributed by atoms with E-state index in [1.54, 1.807) is 4.90 Å². The third-order valence-corrected chi connectivity index (χ3v) is 4.64. The van der Waals surface area contributed by atoms with Gasteiger partial charge in [0.05, 0.1) is 24.9 Å². The second kappa shape index (κ2) is 7.75. The van der Waals surface area contributed by atoms with Gasteiger partial charge in [0.15, 0.2) is 0 Å². The fourth-order valence-electron chi connectivity index (χ4n) is 3.07. The molecule has 0 spiro atoms. The lowest BCUT2D eigenvalue weighted by Gasteiger charge is -2.38. The van der Waals surface area contributed by atoms with Crippen LogP contribution in [0.3, 0.4) is 0 Å². The summed E-state index contributed by atoms with van der Waals surface area (Å²) in [7, 11) is 2.94. The smallest absolute Gasteiger partial charge is 0.314 e. The molecule has 24 heavy (non-hydrogen) atoms. The molecule has 7 heteroatoms. The fourth-order valence-corrected chi connectivity index (χ4v) is 3.30. The van der Waals surface area contributed by atoms with Gasteiger partial charge >= 0.3 is 11.8 Å². The van der Waals surface area contributed by atoms with Gasteiger partial charge in [0.25, 0.3) is 0 Å². The van der Waals surface area contributed by atoms with Gasteiger partial charge in [-0.25, -0.2) is 0 Å². The summed E-state index contributed by atoms with van der Waals surface area (Å²) in [5.41, 5.74) is 0.342. The lowest BCUT2D eigenvalue weighted by atomic mass is 9.97. The van der Waals surface area contributed by atoms with E-state index in [1.165, 1.54) is 26.4 Å². The zero-order chi connectivity index (χ0) is 17.9. The summed E-state index contributed by atoms with van der Waals surface area (Å²) in [6.07, 6.45) is 2.87. The highest BCUT2D eigenvalue weighted by Crippen LogP contribution is 2.36.